The highest BCUT2D eigenvalue weighted by Crippen LogP contribution is 2.46. The van der Waals surface area contributed by atoms with Gasteiger partial charge in [0, 0.05) is 24.8 Å². The third-order valence-corrected chi connectivity index (χ3v) is 19.0. The summed E-state index contributed by atoms with van der Waals surface area (Å²) in [6.07, 6.45) is 5.86. The van der Waals surface area contributed by atoms with E-state index in [1.54, 1.807) is 6.20 Å². The van der Waals surface area contributed by atoms with Gasteiger partial charge in [0.25, 0.3) is 0 Å². The van der Waals surface area contributed by atoms with E-state index in [-0.39, 0.29) is 17.2 Å². The number of hydrogen-bond donors (Lipinski definition) is 1. The Morgan fingerprint density at radius 3 is 2.18 bits per heavy atom. The Morgan fingerprint density at radius 2 is 1.68 bits per heavy atom. The van der Waals surface area contributed by atoms with Gasteiger partial charge in [0.05, 0.1) is 11.7 Å². The van der Waals surface area contributed by atoms with Crippen LogP contribution in [0.2, 0.25) is 34.8 Å². The molecule has 194 valence electrons. The Labute approximate surface area is 210 Å². The maximum Gasteiger partial charge on any atom is 0.200 e. The molecule has 0 spiro atoms. The van der Waals surface area contributed by atoms with E-state index in [2.05, 4.69) is 90.7 Å². The van der Waals surface area contributed by atoms with E-state index in [0.29, 0.717) is 33.9 Å². The maximum atomic E-state index is 11.5. The summed E-state index contributed by atoms with van der Waals surface area (Å²) >= 11 is 0. The van der Waals surface area contributed by atoms with Gasteiger partial charge < -0.3 is 14.2 Å². The number of aromatic nitrogens is 2. The summed E-state index contributed by atoms with van der Waals surface area (Å²) in [5, 5.41) is 3.70. The Bertz CT molecular complexity index is 787. The van der Waals surface area contributed by atoms with Crippen LogP contribution >= 0.6 is 0 Å². The van der Waals surface area contributed by atoms with E-state index >= 15 is 0 Å². The van der Waals surface area contributed by atoms with Crippen molar-refractivity contribution in [3.63, 3.8) is 0 Å². The highest BCUT2D eigenvalue weighted by Gasteiger charge is 2.50. The Kier molecular flexibility index (Phi) is 9.69. The summed E-state index contributed by atoms with van der Waals surface area (Å²) in [5.74, 6) is 0.927. The van der Waals surface area contributed by atoms with Crippen LogP contribution in [0.1, 0.15) is 85.5 Å². The zero-order valence-electron chi connectivity index (χ0n) is 23.4. The zero-order chi connectivity index (χ0) is 25.9. The monoisotopic (exact) mass is 507 g/mol. The predicted octanol–water partition coefficient (Wildman–Crippen LogP) is 7.06. The Morgan fingerprint density at radius 1 is 1.09 bits per heavy atom. The third-order valence-electron chi connectivity index (χ3n) is 8.37. The molecule has 0 bridgehead atoms. The molecule has 34 heavy (non-hydrogen) atoms. The standard InChI is InChI=1S/C26H49N3O3Si2/c1-18(2)34(19(3)4,20(5)6)32-24-13-23(29-25-22(15-30)14-27-17-28-25)12-21(24)16-31-33(10,11)26(7,8)9/h14-15,17-21,23-24H,12-13,16H2,1-11H3,(H,27,28,29)/t21-,23-,24+/m1/s1. The summed E-state index contributed by atoms with van der Waals surface area (Å²) in [5.41, 5.74) is 2.09. The highest BCUT2D eigenvalue weighted by molar-refractivity contribution is 6.77. The molecule has 0 saturated heterocycles. The van der Waals surface area contributed by atoms with Crippen LogP contribution in [0.3, 0.4) is 0 Å². The summed E-state index contributed by atoms with van der Waals surface area (Å²) in [4.78, 5) is 19.8. The quantitative estimate of drug-likeness (QED) is 0.255. The normalized spacial score (nSPS) is 22.1. The average Bonchev–Trinajstić information content (AvgIpc) is 3.10. The van der Waals surface area contributed by atoms with E-state index in [9.17, 15) is 4.79 Å². The van der Waals surface area contributed by atoms with Crippen molar-refractivity contribution < 1.29 is 13.6 Å². The largest absolute Gasteiger partial charge is 0.416 e. The van der Waals surface area contributed by atoms with Crippen LogP contribution in [-0.2, 0) is 8.85 Å². The van der Waals surface area contributed by atoms with Gasteiger partial charge in [-0.1, -0.05) is 62.3 Å². The van der Waals surface area contributed by atoms with Crippen molar-refractivity contribution >= 4 is 28.7 Å². The maximum absolute atomic E-state index is 11.5. The number of carbonyl (C=O) groups is 1. The summed E-state index contributed by atoms with van der Waals surface area (Å²) in [7, 11) is -3.91. The molecule has 1 aliphatic rings. The van der Waals surface area contributed by atoms with Crippen molar-refractivity contribution in [2.24, 2.45) is 5.92 Å². The van der Waals surface area contributed by atoms with Crippen molar-refractivity contribution in [3.05, 3.63) is 18.1 Å². The molecule has 1 aromatic heterocycles. The lowest BCUT2D eigenvalue weighted by Crippen LogP contribution is -2.51. The second-order valence-corrected chi connectivity index (χ2v) is 22.8. The van der Waals surface area contributed by atoms with Crippen LogP contribution in [0, 0.1) is 5.92 Å². The minimum atomic E-state index is -2.04. The minimum Gasteiger partial charge on any atom is -0.416 e. The number of aldehydes is 1. The second kappa shape index (κ2) is 11.3. The van der Waals surface area contributed by atoms with E-state index in [1.165, 1.54) is 6.33 Å². The molecule has 3 atom stereocenters. The van der Waals surface area contributed by atoms with Gasteiger partial charge in [0.1, 0.15) is 12.1 Å². The van der Waals surface area contributed by atoms with E-state index < -0.39 is 16.6 Å². The first-order valence-corrected chi connectivity index (χ1v) is 18.0. The molecule has 0 aromatic carbocycles. The van der Waals surface area contributed by atoms with Crippen molar-refractivity contribution in [2.45, 2.75) is 122 Å². The minimum absolute atomic E-state index is 0.141. The van der Waals surface area contributed by atoms with Crippen LogP contribution in [0.15, 0.2) is 12.5 Å². The van der Waals surface area contributed by atoms with E-state index in [4.69, 9.17) is 8.85 Å². The first kappa shape index (κ1) is 29.1. The molecule has 0 unspecified atom stereocenters. The van der Waals surface area contributed by atoms with Gasteiger partial charge in [-0.25, -0.2) is 9.97 Å². The van der Waals surface area contributed by atoms with Crippen LogP contribution in [0.5, 0.6) is 0 Å². The van der Waals surface area contributed by atoms with Crippen LogP contribution in [0.4, 0.5) is 5.82 Å². The molecular weight excluding hydrogens is 458 g/mol. The fourth-order valence-corrected chi connectivity index (χ4v) is 12.2. The zero-order valence-corrected chi connectivity index (χ0v) is 25.4. The van der Waals surface area contributed by atoms with Gasteiger partial charge in [-0.2, -0.15) is 0 Å². The van der Waals surface area contributed by atoms with Crippen LogP contribution in [-0.4, -0.2) is 51.6 Å². The first-order chi connectivity index (χ1) is 15.7. The Balaban J connectivity index is 2.31. The topological polar surface area (TPSA) is 73.3 Å². The molecule has 1 heterocycles. The van der Waals surface area contributed by atoms with Crippen LogP contribution in [0.25, 0.3) is 0 Å². The van der Waals surface area contributed by atoms with Crippen molar-refractivity contribution in [3.8, 4) is 0 Å². The summed E-state index contributed by atoms with van der Waals surface area (Å²) < 4.78 is 14.0. The molecule has 1 aromatic rings. The fraction of sp³-hybridized carbons (Fsp3) is 0.808. The molecule has 0 aliphatic heterocycles. The molecule has 0 amide bonds. The highest BCUT2D eigenvalue weighted by atomic mass is 28.4. The summed E-state index contributed by atoms with van der Waals surface area (Å²) in [6.45, 7) is 26.3. The number of hydrogen-bond acceptors (Lipinski definition) is 6. The van der Waals surface area contributed by atoms with Gasteiger partial charge in [0.2, 0.25) is 8.32 Å². The van der Waals surface area contributed by atoms with Gasteiger partial charge >= 0.3 is 0 Å². The van der Waals surface area contributed by atoms with Gasteiger partial charge in [0.15, 0.2) is 14.6 Å². The second-order valence-electron chi connectivity index (χ2n) is 12.6. The number of nitrogens with zero attached hydrogens (tertiary/aromatic N) is 2. The molecule has 1 aliphatic carbocycles. The molecule has 6 nitrogen and oxygen atoms in total. The van der Waals surface area contributed by atoms with Gasteiger partial charge in [-0.05, 0) is 47.6 Å². The lowest BCUT2D eigenvalue weighted by atomic mass is 10.1. The smallest absolute Gasteiger partial charge is 0.200 e. The van der Waals surface area contributed by atoms with E-state index in [0.717, 1.165) is 25.7 Å². The third kappa shape index (κ3) is 6.36. The molecular formula is C26H49N3O3Si2. The van der Waals surface area contributed by atoms with Crippen LogP contribution < -0.4 is 5.32 Å². The predicted molar refractivity (Wildman–Crippen MR) is 147 cm³/mol. The lowest BCUT2D eigenvalue weighted by Gasteiger charge is -2.45. The van der Waals surface area contributed by atoms with Crippen molar-refractivity contribution in [1.82, 2.24) is 9.97 Å². The SMILES string of the molecule is CC(C)[Si](O[C@H]1C[C@H](Nc2ncncc2C=O)C[C@@H]1CO[Si](C)(C)C(C)(C)C)(C(C)C)C(C)C. The number of rotatable bonds is 11. The molecule has 2 rings (SSSR count). The number of nitrogens with one attached hydrogen (secondary N) is 1. The van der Waals surface area contributed by atoms with Crippen molar-refractivity contribution in [2.75, 3.05) is 11.9 Å². The molecule has 1 fully saturated rings. The molecule has 1 saturated carbocycles. The summed E-state index contributed by atoms with van der Waals surface area (Å²) in [6, 6.07) is 0.185. The Hall–Kier alpha value is -1.10. The molecule has 1 N–H and O–H groups in total. The van der Waals surface area contributed by atoms with Gasteiger partial charge in [-0.15, -0.1) is 0 Å². The first-order valence-electron chi connectivity index (χ1n) is 13.0. The number of anilines is 1. The van der Waals surface area contributed by atoms with Gasteiger partial charge in [-0.3, -0.25) is 4.79 Å². The lowest BCUT2D eigenvalue weighted by molar-refractivity contribution is 0.0971. The molecule has 0 radical (unpaired) electrons. The molecule has 8 heteroatoms. The van der Waals surface area contributed by atoms with E-state index in [1.807, 2.05) is 0 Å². The average molecular weight is 508 g/mol. The van der Waals surface area contributed by atoms with Crippen molar-refractivity contribution in [1.29, 1.82) is 0 Å². The number of carbonyl (C=O) groups excluding carboxylic acids is 1. The fourth-order valence-electron chi connectivity index (χ4n) is 5.47.